The molecule has 2 N–H and O–H groups in total. The second-order valence-electron chi connectivity index (χ2n) is 5.82. The molecule has 0 aliphatic rings. The second-order valence-corrected chi connectivity index (χ2v) is 5.82. The molecule has 5 nitrogen and oxygen atoms in total. The molecule has 0 amide bonds. The molecule has 3 rings (SSSR count). The van der Waals surface area contributed by atoms with Crippen LogP contribution in [0.25, 0.3) is 11.3 Å². The lowest BCUT2D eigenvalue weighted by Crippen LogP contribution is -2.09. The summed E-state index contributed by atoms with van der Waals surface area (Å²) in [6.45, 7) is 3.74. The van der Waals surface area contributed by atoms with Crippen LogP contribution < -0.4 is 10.6 Å². The summed E-state index contributed by atoms with van der Waals surface area (Å²) in [5.41, 5.74) is 3.15. The van der Waals surface area contributed by atoms with E-state index in [0.29, 0.717) is 12.5 Å². The first-order valence-electron chi connectivity index (χ1n) is 8.66. The molecule has 0 saturated heterocycles. The van der Waals surface area contributed by atoms with Crippen molar-refractivity contribution in [2.75, 3.05) is 17.2 Å². The summed E-state index contributed by atoms with van der Waals surface area (Å²) >= 11 is 0. The maximum Gasteiger partial charge on any atom is 0.225 e. The molecule has 3 aromatic rings. The van der Waals surface area contributed by atoms with Gasteiger partial charge in [0.15, 0.2) is 0 Å². The monoisotopic (exact) mass is 333 g/mol. The van der Waals surface area contributed by atoms with Gasteiger partial charge in [0.1, 0.15) is 5.82 Å². The quantitative estimate of drug-likeness (QED) is 0.600. The number of pyridine rings is 1. The van der Waals surface area contributed by atoms with Crippen molar-refractivity contribution in [2.24, 2.45) is 0 Å². The Kier molecular flexibility index (Phi) is 5.93. The topological polar surface area (TPSA) is 62.7 Å². The molecule has 0 unspecified atom stereocenters. The van der Waals surface area contributed by atoms with Crippen molar-refractivity contribution in [1.29, 1.82) is 0 Å². The van der Waals surface area contributed by atoms with Gasteiger partial charge in [-0.1, -0.05) is 43.7 Å². The molecule has 0 aliphatic carbocycles. The van der Waals surface area contributed by atoms with E-state index < -0.39 is 0 Å². The van der Waals surface area contributed by atoms with E-state index >= 15 is 0 Å². The highest BCUT2D eigenvalue weighted by Crippen LogP contribution is 2.21. The molecule has 0 bridgehead atoms. The standard InChI is InChI=1S/C20H23N5/c1-2-3-11-22-20-24-18(17-7-5-4-6-8-17)14-19(25-20)23-15-16-9-12-21-13-10-16/h4-10,12-14H,2-3,11,15H2,1H3,(H2,22,23,24,25). The van der Waals surface area contributed by atoms with Crippen molar-refractivity contribution in [1.82, 2.24) is 15.0 Å². The largest absolute Gasteiger partial charge is 0.366 e. The van der Waals surface area contributed by atoms with Crippen LogP contribution >= 0.6 is 0 Å². The fraction of sp³-hybridized carbons (Fsp3) is 0.250. The van der Waals surface area contributed by atoms with Crippen molar-refractivity contribution in [2.45, 2.75) is 26.3 Å². The average molecular weight is 333 g/mol. The number of nitrogens with one attached hydrogen (secondary N) is 2. The molecule has 0 saturated carbocycles. The van der Waals surface area contributed by atoms with E-state index in [1.807, 2.05) is 36.4 Å². The zero-order valence-corrected chi connectivity index (χ0v) is 14.4. The molecule has 0 atom stereocenters. The number of unbranched alkanes of at least 4 members (excludes halogenated alkanes) is 1. The fourth-order valence-corrected chi connectivity index (χ4v) is 2.44. The predicted octanol–water partition coefficient (Wildman–Crippen LogP) is 4.36. The van der Waals surface area contributed by atoms with Gasteiger partial charge in [-0.25, -0.2) is 4.98 Å². The first-order chi connectivity index (χ1) is 12.3. The van der Waals surface area contributed by atoms with Crippen LogP contribution in [0.2, 0.25) is 0 Å². The third-order valence-corrected chi connectivity index (χ3v) is 3.83. The molecule has 2 heterocycles. The fourth-order valence-electron chi connectivity index (χ4n) is 2.44. The summed E-state index contributed by atoms with van der Waals surface area (Å²) in [5, 5.41) is 6.71. The minimum absolute atomic E-state index is 0.659. The van der Waals surface area contributed by atoms with Gasteiger partial charge in [0.2, 0.25) is 5.95 Å². The van der Waals surface area contributed by atoms with Crippen molar-refractivity contribution in [3.8, 4) is 11.3 Å². The Balaban J connectivity index is 1.81. The van der Waals surface area contributed by atoms with E-state index in [1.165, 1.54) is 0 Å². The van der Waals surface area contributed by atoms with Crippen molar-refractivity contribution in [3.05, 3.63) is 66.5 Å². The second kappa shape index (κ2) is 8.78. The predicted molar refractivity (Wildman–Crippen MR) is 102 cm³/mol. The number of rotatable bonds is 8. The summed E-state index contributed by atoms with van der Waals surface area (Å²) in [5.74, 6) is 1.47. The van der Waals surface area contributed by atoms with E-state index in [9.17, 15) is 0 Å². The van der Waals surface area contributed by atoms with Crippen molar-refractivity contribution in [3.63, 3.8) is 0 Å². The molecule has 1 aromatic carbocycles. The van der Waals surface area contributed by atoms with Crippen molar-refractivity contribution >= 4 is 11.8 Å². The molecule has 0 fully saturated rings. The molecule has 128 valence electrons. The smallest absolute Gasteiger partial charge is 0.225 e. The number of nitrogens with zero attached hydrogens (tertiary/aromatic N) is 3. The number of hydrogen-bond donors (Lipinski definition) is 2. The van der Waals surface area contributed by atoms with Gasteiger partial charge in [-0.2, -0.15) is 4.98 Å². The lowest BCUT2D eigenvalue weighted by Gasteiger charge is -2.11. The summed E-state index contributed by atoms with van der Waals surface area (Å²) in [7, 11) is 0. The van der Waals surface area contributed by atoms with Gasteiger partial charge in [0, 0.05) is 37.1 Å². The van der Waals surface area contributed by atoms with Crippen LogP contribution in [0.15, 0.2) is 60.9 Å². The van der Waals surface area contributed by atoms with Crippen molar-refractivity contribution < 1.29 is 0 Å². The average Bonchev–Trinajstić information content (AvgIpc) is 2.68. The number of anilines is 2. The molecular formula is C20H23N5. The lowest BCUT2D eigenvalue weighted by atomic mass is 10.1. The van der Waals surface area contributed by atoms with Gasteiger partial charge in [-0.05, 0) is 24.1 Å². The van der Waals surface area contributed by atoms with Crippen LogP contribution in [0.4, 0.5) is 11.8 Å². The molecule has 0 spiro atoms. The van der Waals surface area contributed by atoms with Gasteiger partial charge in [-0.15, -0.1) is 0 Å². The zero-order valence-electron chi connectivity index (χ0n) is 14.4. The van der Waals surface area contributed by atoms with Crippen LogP contribution in [0, 0.1) is 0 Å². The van der Waals surface area contributed by atoms with E-state index in [0.717, 1.165) is 42.0 Å². The third-order valence-electron chi connectivity index (χ3n) is 3.83. The Bertz CT molecular complexity index is 775. The van der Waals surface area contributed by atoms with Crippen LogP contribution in [-0.4, -0.2) is 21.5 Å². The van der Waals surface area contributed by atoms with Gasteiger partial charge >= 0.3 is 0 Å². The van der Waals surface area contributed by atoms with Gasteiger partial charge in [0.25, 0.3) is 0 Å². The summed E-state index contributed by atoms with van der Waals surface area (Å²) in [6, 6.07) is 16.1. The highest BCUT2D eigenvalue weighted by Gasteiger charge is 2.06. The maximum absolute atomic E-state index is 4.66. The Hall–Kier alpha value is -2.95. The highest BCUT2D eigenvalue weighted by molar-refractivity contribution is 5.64. The maximum atomic E-state index is 4.66. The van der Waals surface area contributed by atoms with Crippen LogP contribution in [0.5, 0.6) is 0 Å². The lowest BCUT2D eigenvalue weighted by molar-refractivity contribution is 0.826. The minimum Gasteiger partial charge on any atom is -0.366 e. The van der Waals surface area contributed by atoms with Crippen LogP contribution in [0.3, 0.4) is 0 Å². The number of benzene rings is 1. The Labute approximate surface area is 148 Å². The number of aromatic nitrogens is 3. The van der Waals surface area contributed by atoms with E-state index in [-0.39, 0.29) is 0 Å². The normalized spacial score (nSPS) is 10.4. The van der Waals surface area contributed by atoms with Crippen LogP contribution in [-0.2, 0) is 6.54 Å². The van der Waals surface area contributed by atoms with E-state index in [2.05, 4.69) is 44.6 Å². The summed E-state index contributed by atoms with van der Waals surface area (Å²) in [6.07, 6.45) is 5.82. The van der Waals surface area contributed by atoms with E-state index in [4.69, 9.17) is 0 Å². The molecule has 25 heavy (non-hydrogen) atoms. The molecular weight excluding hydrogens is 310 g/mol. The molecule has 5 heteroatoms. The highest BCUT2D eigenvalue weighted by atomic mass is 15.1. The van der Waals surface area contributed by atoms with Gasteiger partial charge in [-0.3, -0.25) is 4.98 Å². The zero-order chi connectivity index (χ0) is 17.3. The molecule has 0 radical (unpaired) electrons. The summed E-state index contributed by atoms with van der Waals surface area (Å²) < 4.78 is 0. The van der Waals surface area contributed by atoms with Gasteiger partial charge < -0.3 is 10.6 Å². The molecule has 2 aromatic heterocycles. The number of hydrogen-bond acceptors (Lipinski definition) is 5. The Morgan fingerprint density at radius 2 is 1.72 bits per heavy atom. The van der Waals surface area contributed by atoms with Gasteiger partial charge in [0.05, 0.1) is 5.69 Å². The first kappa shape index (κ1) is 16.9. The van der Waals surface area contributed by atoms with Crippen LogP contribution in [0.1, 0.15) is 25.3 Å². The SMILES string of the molecule is CCCCNc1nc(NCc2ccncc2)cc(-c2ccccc2)n1. The van der Waals surface area contributed by atoms with E-state index in [1.54, 1.807) is 12.4 Å². The molecule has 0 aliphatic heterocycles. The summed E-state index contributed by atoms with van der Waals surface area (Å²) in [4.78, 5) is 13.3. The third kappa shape index (κ3) is 5.01. The first-order valence-corrected chi connectivity index (χ1v) is 8.66. The Morgan fingerprint density at radius 1 is 0.920 bits per heavy atom. The minimum atomic E-state index is 0.659. The Morgan fingerprint density at radius 3 is 2.48 bits per heavy atom.